The summed E-state index contributed by atoms with van der Waals surface area (Å²) in [5.74, 6) is 0. The van der Waals surface area contributed by atoms with Crippen molar-refractivity contribution in [1.82, 2.24) is 0 Å². The summed E-state index contributed by atoms with van der Waals surface area (Å²) in [5, 5.41) is 0. The molecule has 0 heterocycles. The van der Waals surface area contributed by atoms with Crippen LogP contribution in [0.5, 0.6) is 0 Å². The number of benzene rings is 1. The van der Waals surface area contributed by atoms with Crippen molar-refractivity contribution in [3.05, 3.63) is 29.8 Å². The van der Waals surface area contributed by atoms with Crippen LogP contribution in [0.3, 0.4) is 0 Å². The van der Waals surface area contributed by atoms with Gasteiger partial charge in [-0.25, -0.2) is 8.42 Å². The lowest BCUT2D eigenvalue weighted by atomic mass is 10.0. The van der Waals surface area contributed by atoms with Crippen molar-refractivity contribution in [3.8, 4) is 0 Å². The van der Waals surface area contributed by atoms with Crippen LogP contribution in [-0.4, -0.2) is 45.1 Å². The third-order valence-electron chi connectivity index (χ3n) is 5.49. The first-order valence-corrected chi connectivity index (χ1v) is 13.8. The molecule has 1 aromatic carbocycles. The zero-order chi connectivity index (χ0) is 23.6. The lowest BCUT2D eigenvalue weighted by Crippen LogP contribution is -2.35. The van der Waals surface area contributed by atoms with Crippen molar-refractivity contribution in [2.75, 3.05) is 27.7 Å². The zero-order valence-electron chi connectivity index (χ0n) is 21.0. The molecule has 0 aliphatic carbocycles. The number of hydrogen-bond acceptors (Lipinski definition) is 3. The second-order valence-electron chi connectivity index (χ2n) is 9.88. The molecular weight excluding hydrogens is 406 g/mol. The fourth-order valence-corrected chi connectivity index (χ4v) is 3.96. The molecule has 0 fully saturated rings. The largest absolute Gasteiger partial charge is 0.744 e. The number of hydrogen-bond donors (Lipinski definition) is 0. The average molecular weight is 456 g/mol. The summed E-state index contributed by atoms with van der Waals surface area (Å²) in [4.78, 5) is -0.178. The normalized spacial score (nSPS) is 11.8. The molecule has 0 aliphatic rings. The van der Waals surface area contributed by atoms with Gasteiger partial charge in [0, 0.05) is 0 Å². The van der Waals surface area contributed by atoms with E-state index in [1.165, 1.54) is 109 Å². The number of quaternary nitrogens is 1. The maximum Gasteiger partial charge on any atom is 0.124 e. The first kappa shape index (κ1) is 30.1. The molecule has 0 atom stereocenters. The zero-order valence-corrected chi connectivity index (χ0v) is 21.8. The molecule has 0 bridgehead atoms. The summed E-state index contributed by atoms with van der Waals surface area (Å²) in [6, 6.07) is 5.78. The first-order valence-electron chi connectivity index (χ1n) is 12.4. The summed E-state index contributed by atoms with van der Waals surface area (Å²) in [7, 11) is 2.61. The molecule has 0 spiro atoms. The molecule has 4 nitrogen and oxygen atoms in total. The van der Waals surface area contributed by atoms with Crippen LogP contribution in [-0.2, 0) is 10.1 Å². The number of nitrogens with zero attached hydrogens (tertiary/aromatic N) is 1. The molecule has 182 valence electrons. The van der Waals surface area contributed by atoms with E-state index in [4.69, 9.17) is 0 Å². The Hall–Kier alpha value is -0.910. The molecule has 0 amide bonds. The van der Waals surface area contributed by atoms with Gasteiger partial charge in [-0.2, -0.15) is 0 Å². The highest BCUT2D eigenvalue weighted by Crippen LogP contribution is 2.13. The van der Waals surface area contributed by atoms with E-state index in [0.29, 0.717) is 0 Å². The monoisotopic (exact) mass is 455 g/mol. The quantitative estimate of drug-likeness (QED) is 0.152. The Morgan fingerprint density at radius 2 is 1.03 bits per heavy atom. The van der Waals surface area contributed by atoms with Gasteiger partial charge in [0.25, 0.3) is 0 Å². The van der Waals surface area contributed by atoms with Crippen molar-refractivity contribution in [2.45, 2.75) is 109 Å². The van der Waals surface area contributed by atoms with Crippen molar-refractivity contribution >= 4 is 10.1 Å². The maximum atomic E-state index is 10.4. The van der Waals surface area contributed by atoms with E-state index >= 15 is 0 Å². The number of unbranched alkanes of at least 4 members (excludes halogenated alkanes) is 13. The molecule has 31 heavy (non-hydrogen) atoms. The highest BCUT2D eigenvalue weighted by Gasteiger charge is 2.05. The SMILES string of the molecule is CCCCCCCCCCCCCCCC[N+](C)(C)C.Cc1ccc(S(=O)(=O)[O-])cc1. The van der Waals surface area contributed by atoms with Gasteiger partial charge in [-0.05, 0) is 31.9 Å². The topological polar surface area (TPSA) is 57.2 Å². The van der Waals surface area contributed by atoms with Gasteiger partial charge in [0.1, 0.15) is 10.1 Å². The minimum atomic E-state index is -4.27. The lowest BCUT2D eigenvalue weighted by molar-refractivity contribution is -0.870. The summed E-state index contributed by atoms with van der Waals surface area (Å²) >= 11 is 0. The van der Waals surface area contributed by atoms with E-state index in [-0.39, 0.29) is 4.90 Å². The Morgan fingerprint density at radius 3 is 1.35 bits per heavy atom. The smallest absolute Gasteiger partial charge is 0.124 e. The van der Waals surface area contributed by atoms with E-state index in [0.717, 1.165) is 10.0 Å². The van der Waals surface area contributed by atoms with Gasteiger partial charge in [-0.1, -0.05) is 102 Å². The Morgan fingerprint density at radius 1 is 0.677 bits per heavy atom. The molecule has 0 N–H and O–H groups in total. The van der Waals surface area contributed by atoms with E-state index in [1.807, 2.05) is 6.92 Å². The molecule has 0 saturated heterocycles. The van der Waals surface area contributed by atoms with Crippen molar-refractivity contribution in [1.29, 1.82) is 0 Å². The van der Waals surface area contributed by atoms with Crippen LogP contribution >= 0.6 is 0 Å². The van der Waals surface area contributed by atoms with Crippen molar-refractivity contribution < 1.29 is 17.5 Å². The van der Waals surface area contributed by atoms with E-state index in [2.05, 4.69) is 28.1 Å². The van der Waals surface area contributed by atoms with Crippen LogP contribution in [0.1, 0.15) is 102 Å². The van der Waals surface area contributed by atoms with Gasteiger partial charge < -0.3 is 9.04 Å². The summed E-state index contributed by atoms with van der Waals surface area (Å²) in [6.07, 6.45) is 20.4. The van der Waals surface area contributed by atoms with E-state index in [9.17, 15) is 13.0 Å². The standard InChI is InChI=1S/C19H42N.C7H8O3S/c1-5-6-7-8-9-10-11-12-13-14-15-16-17-18-19-20(2,3)4;1-6-2-4-7(5-3-6)11(8,9)10/h5-19H2,1-4H3;2-5H,1H3,(H,8,9,10)/q+1;/p-1. The predicted molar refractivity (Wildman–Crippen MR) is 132 cm³/mol. The van der Waals surface area contributed by atoms with E-state index < -0.39 is 10.1 Å². The molecule has 0 aliphatic heterocycles. The number of rotatable bonds is 16. The van der Waals surface area contributed by atoms with Gasteiger partial charge in [-0.3, -0.25) is 0 Å². The van der Waals surface area contributed by atoms with Crippen LogP contribution in [0.15, 0.2) is 29.2 Å². The summed E-state index contributed by atoms with van der Waals surface area (Å²) in [6.45, 7) is 5.45. The highest BCUT2D eigenvalue weighted by atomic mass is 32.2. The van der Waals surface area contributed by atoms with Crippen LogP contribution in [0, 0.1) is 6.92 Å². The van der Waals surface area contributed by atoms with Gasteiger partial charge in [-0.15, -0.1) is 0 Å². The molecular formula is C26H49NO3S. The minimum absolute atomic E-state index is 0.178. The molecule has 0 unspecified atom stereocenters. The Balaban J connectivity index is 0.000000683. The minimum Gasteiger partial charge on any atom is -0.744 e. The number of aryl methyl sites for hydroxylation is 1. The predicted octanol–water partition coefficient (Wildman–Crippen LogP) is 7.07. The van der Waals surface area contributed by atoms with E-state index in [1.54, 1.807) is 12.1 Å². The highest BCUT2D eigenvalue weighted by molar-refractivity contribution is 7.85. The maximum absolute atomic E-state index is 10.4. The summed E-state index contributed by atoms with van der Waals surface area (Å²) < 4.78 is 32.3. The Kier molecular flexibility index (Phi) is 17.1. The van der Waals surface area contributed by atoms with Crippen LogP contribution < -0.4 is 0 Å². The molecule has 1 aromatic rings. The fraction of sp³-hybridized carbons (Fsp3) is 0.769. The van der Waals surface area contributed by atoms with Gasteiger partial charge >= 0.3 is 0 Å². The Bertz CT molecular complexity index is 634. The molecule has 1 rings (SSSR count). The molecule has 0 radical (unpaired) electrons. The van der Waals surface area contributed by atoms with Crippen LogP contribution in [0.4, 0.5) is 0 Å². The fourth-order valence-electron chi connectivity index (χ4n) is 3.49. The van der Waals surface area contributed by atoms with Gasteiger partial charge in [0.05, 0.1) is 32.6 Å². The van der Waals surface area contributed by atoms with Crippen molar-refractivity contribution in [2.24, 2.45) is 0 Å². The second kappa shape index (κ2) is 17.6. The van der Waals surface area contributed by atoms with Crippen molar-refractivity contribution in [3.63, 3.8) is 0 Å². The Labute approximate surface area is 193 Å². The third-order valence-corrected chi connectivity index (χ3v) is 6.34. The second-order valence-corrected chi connectivity index (χ2v) is 11.3. The van der Waals surface area contributed by atoms with Gasteiger partial charge in [0.15, 0.2) is 0 Å². The van der Waals surface area contributed by atoms with Crippen LogP contribution in [0.2, 0.25) is 0 Å². The molecule has 0 aromatic heterocycles. The first-order chi connectivity index (χ1) is 14.6. The van der Waals surface area contributed by atoms with Crippen LogP contribution in [0.25, 0.3) is 0 Å². The average Bonchev–Trinajstić information content (AvgIpc) is 2.67. The third kappa shape index (κ3) is 20.7. The molecule has 5 heteroatoms. The lowest BCUT2D eigenvalue weighted by Gasteiger charge is -2.23. The van der Waals surface area contributed by atoms with Gasteiger partial charge in [0.2, 0.25) is 0 Å². The molecule has 0 saturated carbocycles. The summed E-state index contributed by atoms with van der Waals surface area (Å²) in [5.41, 5.74) is 0.928.